The van der Waals surface area contributed by atoms with Crippen molar-refractivity contribution in [2.45, 2.75) is 16.7 Å². The summed E-state index contributed by atoms with van der Waals surface area (Å²) in [6.45, 7) is 2.11. The Morgan fingerprint density at radius 3 is 2.50 bits per heavy atom. The summed E-state index contributed by atoms with van der Waals surface area (Å²) in [7, 11) is 0. The average Bonchev–Trinajstić information content (AvgIpc) is 2.19. The molecule has 70 valence electrons. The van der Waals surface area contributed by atoms with Crippen molar-refractivity contribution in [2.75, 3.05) is 0 Å². The lowest BCUT2D eigenvalue weighted by Gasteiger charge is -2.01. The van der Waals surface area contributed by atoms with E-state index in [0.717, 1.165) is 0 Å². The van der Waals surface area contributed by atoms with Crippen molar-refractivity contribution in [3.05, 3.63) is 54.4 Å². The molecule has 0 saturated heterocycles. The van der Waals surface area contributed by atoms with E-state index in [1.165, 1.54) is 15.4 Å². The summed E-state index contributed by atoms with van der Waals surface area (Å²) in [6, 6.07) is 12.5. The quantitative estimate of drug-likeness (QED) is 0.737. The molecule has 0 aliphatic heterocycles. The third kappa shape index (κ3) is 2.36. The first kappa shape index (κ1) is 9.28. The highest BCUT2D eigenvalue weighted by atomic mass is 32.2. The van der Waals surface area contributed by atoms with E-state index in [-0.39, 0.29) is 0 Å². The highest BCUT2D eigenvalue weighted by Crippen LogP contribution is 2.27. The molecular formula is C12H11NS. The number of hydrogen-bond acceptors (Lipinski definition) is 2. The SMILES string of the molecule is Cc1cccc(Sc2ccncc2)c1. The first-order valence-corrected chi connectivity index (χ1v) is 5.31. The summed E-state index contributed by atoms with van der Waals surface area (Å²) in [5, 5.41) is 0. The van der Waals surface area contributed by atoms with Crippen LogP contribution in [0.2, 0.25) is 0 Å². The van der Waals surface area contributed by atoms with Crippen molar-refractivity contribution >= 4 is 11.8 Å². The highest BCUT2D eigenvalue weighted by Gasteiger charge is 1.95. The van der Waals surface area contributed by atoms with Gasteiger partial charge in [0, 0.05) is 22.2 Å². The van der Waals surface area contributed by atoms with E-state index in [0.29, 0.717) is 0 Å². The molecule has 0 radical (unpaired) electrons. The summed E-state index contributed by atoms with van der Waals surface area (Å²) in [5.41, 5.74) is 1.30. The van der Waals surface area contributed by atoms with E-state index >= 15 is 0 Å². The highest BCUT2D eigenvalue weighted by molar-refractivity contribution is 7.99. The maximum absolute atomic E-state index is 3.99. The van der Waals surface area contributed by atoms with E-state index in [2.05, 4.69) is 36.2 Å². The molecule has 0 aliphatic rings. The molecule has 0 amide bonds. The van der Waals surface area contributed by atoms with Crippen LogP contribution >= 0.6 is 11.8 Å². The van der Waals surface area contributed by atoms with E-state index < -0.39 is 0 Å². The molecule has 0 atom stereocenters. The van der Waals surface area contributed by atoms with Crippen LogP contribution in [0.3, 0.4) is 0 Å². The lowest BCUT2D eigenvalue weighted by atomic mass is 10.2. The number of pyridine rings is 1. The van der Waals surface area contributed by atoms with Gasteiger partial charge in [-0.25, -0.2) is 0 Å². The number of benzene rings is 1. The van der Waals surface area contributed by atoms with Gasteiger partial charge in [-0.1, -0.05) is 29.5 Å². The van der Waals surface area contributed by atoms with Crippen LogP contribution in [-0.4, -0.2) is 4.98 Å². The van der Waals surface area contributed by atoms with Crippen LogP contribution < -0.4 is 0 Å². The van der Waals surface area contributed by atoms with Gasteiger partial charge < -0.3 is 0 Å². The summed E-state index contributed by atoms with van der Waals surface area (Å²) in [5.74, 6) is 0. The molecule has 1 aromatic heterocycles. The molecule has 2 rings (SSSR count). The molecule has 14 heavy (non-hydrogen) atoms. The Kier molecular flexibility index (Phi) is 2.84. The minimum atomic E-state index is 1.23. The van der Waals surface area contributed by atoms with Crippen LogP contribution in [0.15, 0.2) is 58.6 Å². The fourth-order valence-corrected chi connectivity index (χ4v) is 2.14. The number of aryl methyl sites for hydroxylation is 1. The van der Waals surface area contributed by atoms with E-state index in [9.17, 15) is 0 Å². The van der Waals surface area contributed by atoms with Gasteiger partial charge in [0.1, 0.15) is 0 Å². The number of nitrogens with zero attached hydrogens (tertiary/aromatic N) is 1. The second-order valence-electron chi connectivity index (χ2n) is 3.10. The van der Waals surface area contributed by atoms with Crippen molar-refractivity contribution < 1.29 is 0 Å². The summed E-state index contributed by atoms with van der Waals surface area (Å²) >= 11 is 1.76. The monoisotopic (exact) mass is 201 g/mol. The molecule has 1 aromatic carbocycles. The van der Waals surface area contributed by atoms with Gasteiger partial charge in [0.2, 0.25) is 0 Å². The Morgan fingerprint density at radius 1 is 1.00 bits per heavy atom. The molecule has 0 N–H and O–H groups in total. The zero-order valence-corrected chi connectivity index (χ0v) is 8.79. The molecule has 1 nitrogen and oxygen atoms in total. The van der Waals surface area contributed by atoms with Crippen molar-refractivity contribution in [3.63, 3.8) is 0 Å². The third-order valence-corrected chi connectivity index (χ3v) is 2.87. The van der Waals surface area contributed by atoms with Crippen LogP contribution in [0.5, 0.6) is 0 Å². The van der Waals surface area contributed by atoms with Gasteiger partial charge in [0.15, 0.2) is 0 Å². The summed E-state index contributed by atoms with van der Waals surface area (Å²) < 4.78 is 0. The number of hydrogen-bond donors (Lipinski definition) is 0. The maximum Gasteiger partial charge on any atom is 0.0279 e. The van der Waals surface area contributed by atoms with Crippen molar-refractivity contribution in [1.29, 1.82) is 0 Å². The molecule has 2 heteroatoms. The molecule has 0 fully saturated rings. The van der Waals surface area contributed by atoms with Gasteiger partial charge in [0.25, 0.3) is 0 Å². The Balaban J connectivity index is 2.19. The molecular weight excluding hydrogens is 190 g/mol. The van der Waals surface area contributed by atoms with Gasteiger partial charge in [-0.2, -0.15) is 0 Å². The standard InChI is InChI=1S/C12H11NS/c1-10-3-2-4-12(9-10)14-11-5-7-13-8-6-11/h2-9H,1H3. The lowest BCUT2D eigenvalue weighted by molar-refractivity contribution is 1.26. The van der Waals surface area contributed by atoms with Gasteiger partial charge >= 0.3 is 0 Å². The first-order valence-electron chi connectivity index (χ1n) is 4.49. The number of rotatable bonds is 2. The van der Waals surface area contributed by atoms with E-state index in [1.54, 1.807) is 11.8 Å². The second kappa shape index (κ2) is 4.29. The van der Waals surface area contributed by atoms with Gasteiger partial charge in [0.05, 0.1) is 0 Å². The molecule has 0 unspecified atom stereocenters. The minimum Gasteiger partial charge on any atom is -0.265 e. The fraction of sp³-hybridized carbons (Fsp3) is 0.0833. The fourth-order valence-electron chi connectivity index (χ4n) is 1.22. The van der Waals surface area contributed by atoms with Crippen LogP contribution in [0.25, 0.3) is 0 Å². The van der Waals surface area contributed by atoms with Gasteiger partial charge in [-0.05, 0) is 31.2 Å². The topological polar surface area (TPSA) is 12.9 Å². The lowest BCUT2D eigenvalue weighted by Crippen LogP contribution is -1.76. The second-order valence-corrected chi connectivity index (χ2v) is 4.25. The Morgan fingerprint density at radius 2 is 1.79 bits per heavy atom. The molecule has 0 spiro atoms. The Bertz CT molecular complexity index is 412. The number of aromatic nitrogens is 1. The maximum atomic E-state index is 3.99. The van der Waals surface area contributed by atoms with Crippen molar-refractivity contribution in [1.82, 2.24) is 4.98 Å². The van der Waals surface area contributed by atoms with Crippen LogP contribution in [0.4, 0.5) is 0 Å². The van der Waals surface area contributed by atoms with Crippen LogP contribution in [0, 0.1) is 6.92 Å². The first-order chi connectivity index (χ1) is 6.84. The van der Waals surface area contributed by atoms with Crippen molar-refractivity contribution in [3.8, 4) is 0 Å². The third-order valence-electron chi connectivity index (χ3n) is 1.87. The van der Waals surface area contributed by atoms with Crippen LogP contribution in [0.1, 0.15) is 5.56 Å². The Labute approximate surface area is 88.2 Å². The van der Waals surface area contributed by atoms with E-state index in [1.807, 2.05) is 24.5 Å². The Hall–Kier alpha value is -1.28. The molecule has 0 bridgehead atoms. The van der Waals surface area contributed by atoms with Crippen molar-refractivity contribution in [2.24, 2.45) is 0 Å². The molecule has 1 heterocycles. The average molecular weight is 201 g/mol. The van der Waals surface area contributed by atoms with Crippen LogP contribution in [-0.2, 0) is 0 Å². The molecule has 0 aliphatic carbocycles. The predicted molar refractivity (Wildman–Crippen MR) is 59.5 cm³/mol. The largest absolute Gasteiger partial charge is 0.265 e. The normalized spacial score (nSPS) is 10.1. The summed E-state index contributed by atoms with van der Waals surface area (Å²) in [4.78, 5) is 6.49. The summed E-state index contributed by atoms with van der Waals surface area (Å²) in [6.07, 6.45) is 3.64. The van der Waals surface area contributed by atoms with Gasteiger partial charge in [-0.3, -0.25) is 4.98 Å². The zero-order chi connectivity index (χ0) is 9.80. The predicted octanol–water partition coefficient (Wildman–Crippen LogP) is 3.54. The zero-order valence-electron chi connectivity index (χ0n) is 7.97. The minimum absolute atomic E-state index is 1.23. The van der Waals surface area contributed by atoms with Gasteiger partial charge in [-0.15, -0.1) is 0 Å². The molecule has 2 aromatic rings. The smallest absolute Gasteiger partial charge is 0.0279 e. The van der Waals surface area contributed by atoms with E-state index in [4.69, 9.17) is 0 Å². The molecule has 0 saturated carbocycles.